The second-order valence-electron chi connectivity index (χ2n) is 5.59. The molecule has 3 aromatic rings. The summed E-state index contributed by atoms with van der Waals surface area (Å²) in [5.74, 6) is -1.58. The molecule has 0 aliphatic heterocycles. The Morgan fingerprint density at radius 1 is 0.963 bits per heavy atom. The van der Waals surface area contributed by atoms with Crippen molar-refractivity contribution < 1.29 is 22.0 Å². The van der Waals surface area contributed by atoms with Crippen LogP contribution in [0.15, 0.2) is 53.7 Å². The molecule has 0 aliphatic rings. The molecule has 0 unspecified atom stereocenters. The van der Waals surface area contributed by atoms with Gasteiger partial charge in [0.05, 0.1) is 16.9 Å². The average Bonchev–Trinajstić information content (AvgIpc) is 2.62. The molecule has 6 nitrogen and oxygen atoms in total. The molecule has 1 heterocycles. The normalized spacial score (nSPS) is 11.2. The first-order valence-electron chi connectivity index (χ1n) is 7.65. The van der Waals surface area contributed by atoms with Gasteiger partial charge in [-0.05, 0) is 24.3 Å². The number of sulfone groups is 1. The fourth-order valence-corrected chi connectivity index (χ4v) is 2.88. The minimum Gasteiger partial charge on any atom is -0.337 e. The highest BCUT2D eigenvalue weighted by Crippen LogP contribution is 2.30. The number of rotatable bonds is 5. The first-order chi connectivity index (χ1) is 12.8. The van der Waals surface area contributed by atoms with E-state index >= 15 is 0 Å². The van der Waals surface area contributed by atoms with Gasteiger partial charge in [-0.15, -0.1) is 0 Å². The van der Waals surface area contributed by atoms with Crippen molar-refractivity contribution in [2.45, 2.75) is 5.16 Å². The Kier molecular flexibility index (Phi) is 4.95. The van der Waals surface area contributed by atoms with Crippen LogP contribution in [-0.4, -0.2) is 30.9 Å². The highest BCUT2D eigenvalue weighted by molar-refractivity contribution is 7.90. The molecule has 0 aliphatic carbocycles. The number of nitrogens with zero attached hydrogens (tertiary/aromatic N) is 2. The molecule has 3 rings (SSSR count). The Morgan fingerprint density at radius 2 is 1.59 bits per heavy atom. The molecule has 2 aromatic carbocycles. The molecule has 138 valence electrons. The maximum absolute atomic E-state index is 14.2. The van der Waals surface area contributed by atoms with Crippen molar-refractivity contribution in [2.24, 2.45) is 0 Å². The number of para-hydroxylation sites is 1. The summed E-state index contributed by atoms with van der Waals surface area (Å²) in [7, 11) is -3.89. The van der Waals surface area contributed by atoms with Crippen molar-refractivity contribution >= 4 is 27.6 Å². The maximum atomic E-state index is 14.2. The third kappa shape index (κ3) is 3.82. The van der Waals surface area contributed by atoms with Crippen molar-refractivity contribution in [1.29, 1.82) is 0 Å². The highest BCUT2D eigenvalue weighted by Gasteiger charge is 2.22. The third-order valence-corrected chi connectivity index (χ3v) is 4.48. The van der Waals surface area contributed by atoms with Crippen molar-refractivity contribution in [3.8, 4) is 11.3 Å². The summed E-state index contributed by atoms with van der Waals surface area (Å²) in [6.45, 7) is 0. The van der Waals surface area contributed by atoms with Crippen molar-refractivity contribution in [1.82, 2.24) is 9.97 Å². The standard InChI is InChI=1S/C18H13F2N3O3S/c1-27(25,26)18-22-16(11-6-2-3-7-13(11)19)12(10-24)17(23-18)21-15-9-5-4-8-14(15)20/h2-10H,1H3,(H,21,22,23). The number of aromatic nitrogens is 2. The quantitative estimate of drug-likeness (QED) is 0.532. The van der Waals surface area contributed by atoms with Crippen molar-refractivity contribution in [3.63, 3.8) is 0 Å². The van der Waals surface area contributed by atoms with E-state index in [1.54, 1.807) is 6.07 Å². The van der Waals surface area contributed by atoms with Crippen LogP contribution in [0.25, 0.3) is 11.3 Å². The van der Waals surface area contributed by atoms with Crippen LogP contribution < -0.4 is 5.32 Å². The molecule has 0 saturated heterocycles. The second-order valence-corrected chi connectivity index (χ2v) is 7.50. The summed E-state index contributed by atoms with van der Waals surface area (Å²) in [6, 6.07) is 11.0. The molecule has 27 heavy (non-hydrogen) atoms. The van der Waals surface area contributed by atoms with Gasteiger partial charge in [0.1, 0.15) is 17.5 Å². The summed E-state index contributed by atoms with van der Waals surface area (Å²) in [6.07, 6.45) is 1.23. The Bertz CT molecular complexity index is 1130. The first kappa shape index (κ1) is 18.6. The van der Waals surface area contributed by atoms with Crippen LogP contribution in [0.3, 0.4) is 0 Å². The number of halogens is 2. The number of hydrogen-bond acceptors (Lipinski definition) is 6. The first-order valence-corrected chi connectivity index (χ1v) is 9.54. The van der Waals surface area contributed by atoms with Gasteiger partial charge >= 0.3 is 0 Å². The van der Waals surface area contributed by atoms with Crippen LogP contribution in [0.4, 0.5) is 20.3 Å². The molecular formula is C18H13F2N3O3S. The van der Waals surface area contributed by atoms with Crippen molar-refractivity contribution in [3.05, 3.63) is 65.7 Å². The smallest absolute Gasteiger partial charge is 0.249 e. The lowest BCUT2D eigenvalue weighted by atomic mass is 10.1. The molecule has 0 spiro atoms. The number of nitrogens with one attached hydrogen (secondary N) is 1. The molecule has 0 fully saturated rings. The predicted octanol–water partition coefficient (Wildman–Crippen LogP) is 3.38. The molecule has 0 amide bonds. The van der Waals surface area contributed by atoms with E-state index in [0.29, 0.717) is 6.29 Å². The van der Waals surface area contributed by atoms with Gasteiger partial charge in [0.2, 0.25) is 15.0 Å². The SMILES string of the molecule is CS(=O)(=O)c1nc(Nc2ccccc2F)c(C=O)c(-c2ccccc2F)n1. The van der Waals surface area contributed by atoms with E-state index in [4.69, 9.17) is 0 Å². The predicted molar refractivity (Wildman–Crippen MR) is 95.6 cm³/mol. The lowest BCUT2D eigenvalue weighted by molar-refractivity contribution is 0.112. The zero-order chi connectivity index (χ0) is 19.6. The molecule has 0 bridgehead atoms. The summed E-state index contributed by atoms with van der Waals surface area (Å²) in [5, 5.41) is 1.97. The largest absolute Gasteiger partial charge is 0.337 e. The monoisotopic (exact) mass is 389 g/mol. The number of carbonyl (C=O) groups is 1. The van der Waals surface area contributed by atoms with E-state index in [2.05, 4.69) is 15.3 Å². The average molecular weight is 389 g/mol. The van der Waals surface area contributed by atoms with Crippen LogP contribution >= 0.6 is 0 Å². The minimum atomic E-state index is -3.89. The van der Waals surface area contributed by atoms with Gasteiger partial charge in [-0.25, -0.2) is 22.2 Å². The maximum Gasteiger partial charge on any atom is 0.249 e. The molecule has 0 atom stereocenters. The Balaban J connectivity index is 2.29. The van der Waals surface area contributed by atoms with Gasteiger partial charge in [-0.3, -0.25) is 4.79 Å². The fourth-order valence-electron chi connectivity index (χ4n) is 2.37. The van der Waals surface area contributed by atoms with Crippen LogP contribution in [0.1, 0.15) is 10.4 Å². The lowest BCUT2D eigenvalue weighted by Crippen LogP contribution is -2.11. The van der Waals surface area contributed by atoms with Crippen LogP contribution in [0.2, 0.25) is 0 Å². The Hall–Kier alpha value is -3.20. The molecule has 0 saturated carbocycles. The topological polar surface area (TPSA) is 89.0 Å². The van der Waals surface area contributed by atoms with E-state index in [0.717, 1.165) is 12.3 Å². The van der Waals surface area contributed by atoms with E-state index in [-0.39, 0.29) is 28.3 Å². The van der Waals surface area contributed by atoms with Gasteiger partial charge < -0.3 is 5.32 Å². The van der Waals surface area contributed by atoms with Gasteiger partial charge in [-0.2, -0.15) is 4.98 Å². The highest BCUT2D eigenvalue weighted by atomic mass is 32.2. The number of aldehydes is 1. The summed E-state index contributed by atoms with van der Waals surface area (Å²) in [4.78, 5) is 19.4. The van der Waals surface area contributed by atoms with Gasteiger partial charge in [0.15, 0.2) is 6.29 Å². The molecule has 9 heteroatoms. The fraction of sp³-hybridized carbons (Fsp3) is 0.0556. The summed E-state index contributed by atoms with van der Waals surface area (Å²) < 4.78 is 52.1. The Morgan fingerprint density at radius 3 is 2.19 bits per heavy atom. The molecule has 0 radical (unpaired) electrons. The van der Waals surface area contributed by atoms with Gasteiger partial charge in [0.25, 0.3) is 0 Å². The number of carbonyl (C=O) groups excluding carboxylic acids is 1. The molecule has 1 aromatic heterocycles. The zero-order valence-electron chi connectivity index (χ0n) is 14.0. The molecular weight excluding hydrogens is 376 g/mol. The van der Waals surface area contributed by atoms with E-state index < -0.39 is 26.6 Å². The third-order valence-electron chi connectivity index (χ3n) is 3.63. The zero-order valence-corrected chi connectivity index (χ0v) is 14.8. The minimum absolute atomic E-state index is 0.0294. The summed E-state index contributed by atoms with van der Waals surface area (Å²) >= 11 is 0. The summed E-state index contributed by atoms with van der Waals surface area (Å²) in [5.41, 5.74) is -0.519. The van der Waals surface area contributed by atoms with E-state index in [1.807, 2.05) is 0 Å². The number of hydrogen-bond donors (Lipinski definition) is 1. The second kappa shape index (κ2) is 7.20. The van der Waals surface area contributed by atoms with Crippen LogP contribution in [0, 0.1) is 11.6 Å². The Labute approximate surface area is 153 Å². The van der Waals surface area contributed by atoms with Crippen LogP contribution in [0.5, 0.6) is 0 Å². The van der Waals surface area contributed by atoms with E-state index in [1.165, 1.54) is 36.4 Å². The number of benzene rings is 2. The van der Waals surface area contributed by atoms with Gasteiger partial charge in [-0.1, -0.05) is 24.3 Å². The lowest BCUT2D eigenvalue weighted by Gasteiger charge is -2.14. The number of anilines is 2. The molecule has 1 N–H and O–H groups in total. The van der Waals surface area contributed by atoms with E-state index in [9.17, 15) is 22.0 Å². The van der Waals surface area contributed by atoms with Crippen LogP contribution in [-0.2, 0) is 9.84 Å². The van der Waals surface area contributed by atoms with Gasteiger partial charge in [0, 0.05) is 11.8 Å². The van der Waals surface area contributed by atoms with Crippen molar-refractivity contribution in [2.75, 3.05) is 11.6 Å².